The monoisotopic (exact) mass is 299 g/mol. The number of likely N-dealkylation sites (N-methyl/N-ethyl adjacent to an activating group) is 1. The standard InChI is InChI=1S/C16H21N5O/c1-12(2)18-15-5-4-14(19-20-15)16(22)21(3)11-8-13-6-9-17-10-7-13/h4-7,9-10,12H,8,11H2,1-3H3,(H,18,20). The number of nitrogens with one attached hydrogen (secondary N) is 1. The van der Waals surface area contributed by atoms with E-state index in [1.807, 2.05) is 26.0 Å². The molecule has 22 heavy (non-hydrogen) atoms. The van der Waals surface area contributed by atoms with E-state index in [0.29, 0.717) is 18.1 Å². The van der Waals surface area contributed by atoms with Crippen LogP contribution in [0.2, 0.25) is 0 Å². The first-order chi connectivity index (χ1) is 10.6. The average Bonchev–Trinajstić information content (AvgIpc) is 2.53. The largest absolute Gasteiger partial charge is 0.366 e. The highest BCUT2D eigenvalue weighted by Crippen LogP contribution is 2.06. The van der Waals surface area contributed by atoms with Gasteiger partial charge >= 0.3 is 0 Å². The van der Waals surface area contributed by atoms with E-state index >= 15 is 0 Å². The number of anilines is 1. The van der Waals surface area contributed by atoms with E-state index in [1.165, 1.54) is 0 Å². The maximum Gasteiger partial charge on any atom is 0.274 e. The summed E-state index contributed by atoms with van der Waals surface area (Å²) in [6.07, 6.45) is 4.29. The zero-order chi connectivity index (χ0) is 15.9. The van der Waals surface area contributed by atoms with Gasteiger partial charge in [-0.2, -0.15) is 0 Å². The maximum atomic E-state index is 12.3. The summed E-state index contributed by atoms with van der Waals surface area (Å²) in [6.45, 7) is 4.66. The molecule has 2 aromatic rings. The molecule has 2 heterocycles. The van der Waals surface area contributed by atoms with E-state index in [2.05, 4.69) is 20.5 Å². The Kier molecular flexibility index (Phi) is 5.41. The Hall–Kier alpha value is -2.50. The Labute approximate surface area is 130 Å². The van der Waals surface area contributed by atoms with Crippen LogP contribution in [0.4, 0.5) is 5.82 Å². The van der Waals surface area contributed by atoms with Crippen molar-refractivity contribution in [3.05, 3.63) is 47.9 Å². The number of hydrogen-bond donors (Lipinski definition) is 1. The molecule has 0 bridgehead atoms. The molecule has 0 aliphatic rings. The fourth-order valence-corrected chi connectivity index (χ4v) is 1.96. The molecule has 0 radical (unpaired) electrons. The molecule has 0 unspecified atom stereocenters. The molecule has 0 aliphatic carbocycles. The summed E-state index contributed by atoms with van der Waals surface area (Å²) in [5, 5.41) is 11.2. The summed E-state index contributed by atoms with van der Waals surface area (Å²) < 4.78 is 0. The predicted molar refractivity (Wildman–Crippen MR) is 85.7 cm³/mol. The van der Waals surface area contributed by atoms with Crippen molar-refractivity contribution >= 4 is 11.7 Å². The van der Waals surface area contributed by atoms with Crippen molar-refractivity contribution in [3.63, 3.8) is 0 Å². The molecule has 2 aromatic heterocycles. The Morgan fingerprint density at radius 1 is 1.18 bits per heavy atom. The van der Waals surface area contributed by atoms with Gasteiger partial charge in [0.25, 0.3) is 5.91 Å². The number of amides is 1. The van der Waals surface area contributed by atoms with E-state index in [1.54, 1.807) is 36.5 Å². The molecule has 0 atom stereocenters. The van der Waals surface area contributed by atoms with Crippen molar-refractivity contribution in [3.8, 4) is 0 Å². The minimum Gasteiger partial charge on any atom is -0.366 e. The van der Waals surface area contributed by atoms with Gasteiger partial charge in [0, 0.05) is 32.0 Å². The van der Waals surface area contributed by atoms with Gasteiger partial charge in [0.05, 0.1) is 0 Å². The van der Waals surface area contributed by atoms with Crippen molar-refractivity contribution in [2.75, 3.05) is 18.9 Å². The van der Waals surface area contributed by atoms with Crippen molar-refractivity contribution in [2.45, 2.75) is 26.3 Å². The van der Waals surface area contributed by atoms with Crippen LogP contribution in [0.5, 0.6) is 0 Å². The SMILES string of the molecule is CC(C)Nc1ccc(C(=O)N(C)CCc2ccncc2)nn1. The van der Waals surface area contributed by atoms with Crippen LogP contribution in [0.3, 0.4) is 0 Å². The molecule has 2 rings (SSSR count). The zero-order valence-electron chi connectivity index (χ0n) is 13.2. The maximum absolute atomic E-state index is 12.3. The van der Waals surface area contributed by atoms with E-state index in [0.717, 1.165) is 12.0 Å². The summed E-state index contributed by atoms with van der Waals surface area (Å²) in [4.78, 5) is 17.9. The molecule has 0 saturated carbocycles. The highest BCUT2D eigenvalue weighted by molar-refractivity contribution is 5.92. The average molecular weight is 299 g/mol. The van der Waals surface area contributed by atoms with Crippen LogP contribution in [0.15, 0.2) is 36.7 Å². The molecule has 0 spiro atoms. The first kappa shape index (κ1) is 15.9. The lowest BCUT2D eigenvalue weighted by molar-refractivity contribution is 0.0789. The first-order valence-electron chi connectivity index (χ1n) is 7.31. The fourth-order valence-electron chi connectivity index (χ4n) is 1.96. The minimum absolute atomic E-state index is 0.127. The first-order valence-corrected chi connectivity index (χ1v) is 7.31. The number of hydrogen-bond acceptors (Lipinski definition) is 5. The summed E-state index contributed by atoms with van der Waals surface area (Å²) in [7, 11) is 1.77. The third-order valence-electron chi connectivity index (χ3n) is 3.15. The molecule has 0 fully saturated rings. The van der Waals surface area contributed by atoms with Gasteiger partial charge in [0.1, 0.15) is 5.82 Å². The van der Waals surface area contributed by atoms with Crippen molar-refractivity contribution in [1.29, 1.82) is 0 Å². The Morgan fingerprint density at radius 3 is 2.50 bits per heavy atom. The molecule has 0 saturated heterocycles. The molecule has 0 aromatic carbocycles. The van der Waals surface area contributed by atoms with Gasteiger partial charge in [-0.15, -0.1) is 10.2 Å². The highest BCUT2D eigenvalue weighted by atomic mass is 16.2. The fraction of sp³-hybridized carbons (Fsp3) is 0.375. The van der Waals surface area contributed by atoms with Crippen LogP contribution in [-0.4, -0.2) is 45.6 Å². The van der Waals surface area contributed by atoms with Gasteiger partial charge in [-0.1, -0.05) is 0 Å². The van der Waals surface area contributed by atoms with E-state index in [4.69, 9.17) is 0 Å². The van der Waals surface area contributed by atoms with Crippen molar-refractivity contribution < 1.29 is 4.79 Å². The minimum atomic E-state index is -0.127. The van der Waals surface area contributed by atoms with Gasteiger partial charge in [-0.05, 0) is 50.1 Å². The van der Waals surface area contributed by atoms with Crippen LogP contribution in [0, 0.1) is 0 Å². The van der Waals surface area contributed by atoms with E-state index in [9.17, 15) is 4.79 Å². The Balaban J connectivity index is 1.92. The van der Waals surface area contributed by atoms with Gasteiger partial charge in [0.15, 0.2) is 5.69 Å². The van der Waals surface area contributed by atoms with Crippen LogP contribution in [-0.2, 0) is 6.42 Å². The molecular formula is C16H21N5O. The molecule has 0 aliphatic heterocycles. The van der Waals surface area contributed by atoms with Gasteiger partial charge in [0.2, 0.25) is 0 Å². The molecule has 6 heteroatoms. The number of pyridine rings is 1. The van der Waals surface area contributed by atoms with Gasteiger partial charge < -0.3 is 10.2 Å². The van der Waals surface area contributed by atoms with Crippen molar-refractivity contribution in [2.24, 2.45) is 0 Å². The van der Waals surface area contributed by atoms with Crippen LogP contribution >= 0.6 is 0 Å². The van der Waals surface area contributed by atoms with Crippen LogP contribution < -0.4 is 5.32 Å². The second-order valence-corrected chi connectivity index (χ2v) is 5.44. The predicted octanol–water partition coefficient (Wildman–Crippen LogP) is 2.01. The summed E-state index contributed by atoms with van der Waals surface area (Å²) in [6, 6.07) is 7.65. The Morgan fingerprint density at radius 2 is 1.91 bits per heavy atom. The van der Waals surface area contributed by atoms with E-state index in [-0.39, 0.29) is 11.9 Å². The third-order valence-corrected chi connectivity index (χ3v) is 3.15. The third kappa shape index (κ3) is 4.51. The lowest BCUT2D eigenvalue weighted by atomic mass is 10.2. The number of aromatic nitrogens is 3. The second kappa shape index (κ2) is 7.49. The highest BCUT2D eigenvalue weighted by Gasteiger charge is 2.13. The van der Waals surface area contributed by atoms with Gasteiger partial charge in [-0.3, -0.25) is 9.78 Å². The number of carbonyl (C=O) groups is 1. The summed E-state index contributed by atoms with van der Waals surface area (Å²) >= 11 is 0. The van der Waals surface area contributed by atoms with Gasteiger partial charge in [-0.25, -0.2) is 0 Å². The second-order valence-electron chi connectivity index (χ2n) is 5.44. The molecule has 1 amide bonds. The lowest BCUT2D eigenvalue weighted by Crippen LogP contribution is -2.29. The molecule has 1 N–H and O–H groups in total. The topological polar surface area (TPSA) is 71.0 Å². The number of rotatable bonds is 6. The quantitative estimate of drug-likeness (QED) is 0.883. The van der Waals surface area contributed by atoms with Crippen LogP contribution in [0.25, 0.3) is 0 Å². The number of carbonyl (C=O) groups excluding carboxylic acids is 1. The molecule has 6 nitrogen and oxygen atoms in total. The van der Waals surface area contributed by atoms with Crippen molar-refractivity contribution in [1.82, 2.24) is 20.1 Å². The normalized spacial score (nSPS) is 10.5. The van der Waals surface area contributed by atoms with Crippen LogP contribution in [0.1, 0.15) is 29.9 Å². The summed E-state index contributed by atoms with van der Waals surface area (Å²) in [5.74, 6) is 0.545. The molecule has 116 valence electrons. The lowest BCUT2D eigenvalue weighted by Gasteiger charge is -2.16. The van der Waals surface area contributed by atoms with E-state index < -0.39 is 0 Å². The Bertz CT molecular complexity index is 598. The zero-order valence-corrected chi connectivity index (χ0v) is 13.2. The molecular weight excluding hydrogens is 278 g/mol. The summed E-state index contributed by atoms with van der Waals surface area (Å²) in [5.41, 5.74) is 1.50. The number of nitrogens with zero attached hydrogens (tertiary/aromatic N) is 4. The smallest absolute Gasteiger partial charge is 0.274 e.